The standard InChI is InChI=1S/C21H23ClN4O/c1-3-4-21(27)24-17-7-6-16(11-14(17)2)25-9-10-26-19-8-5-15(22)12-18(19)23-20(26)13-25/h5-8,11-12H,3-4,9-10,13H2,1-2H3,(H,24,27). The summed E-state index contributed by atoms with van der Waals surface area (Å²) in [5.41, 5.74) is 5.19. The van der Waals surface area contributed by atoms with Crippen molar-refractivity contribution in [1.29, 1.82) is 0 Å². The van der Waals surface area contributed by atoms with Crippen molar-refractivity contribution in [2.45, 2.75) is 39.8 Å². The first-order chi connectivity index (χ1) is 13.0. The van der Waals surface area contributed by atoms with E-state index in [0.29, 0.717) is 11.4 Å². The Kier molecular flexibility index (Phi) is 4.79. The average Bonchev–Trinajstić information content (AvgIpc) is 3.00. The lowest BCUT2D eigenvalue weighted by Crippen LogP contribution is -2.33. The van der Waals surface area contributed by atoms with Gasteiger partial charge in [0, 0.05) is 35.9 Å². The van der Waals surface area contributed by atoms with Crippen LogP contribution in [0.5, 0.6) is 0 Å². The number of halogens is 1. The highest BCUT2D eigenvalue weighted by Crippen LogP contribution is 2.28. The lowest BCUT2D eigenvalue weighted by atomic mass is 10.1. The molecule has 6 heteroatoms. The van der Waals surface area contributed by atoms with Gasteiger partial charge in [-0.1, -0.05) is 18.5 Å². The largest absolute Gasteiger partial charge is 0.362 e. The first kappa shape index (κ1) is 17.9. The van der Waals surface area contributed by atoms with Crippen molar-refractivity contribution in [3.63, 3.8) is 0 Å². The molecule has 0 atom stereocenters. The number of aromatic nitrogens is 2. The van der Waals surface area contributed by atoms with Crippen LogP contribution in [0.3, 0.4) is 0 Å². The quantitative estimate of drug-likeness (QED) is 0.707. The normalized spacial score (nSPS) is 13.7. The van der Waals surface area contributed by atoms with Crippen LogP contribution in [0.1, 0.15) is 31.2 Å². The van der Waals surface area contributed by atoms with Crippen molar-refractivity contribution in [2.75, 3.05) is 16.8 Å². The number of hydrogen-bond acceptors (Lipinski definition) is 3. The third-order valence-corrected chi connectivity index (χ3v) is 5.28. The predicted octanol–water partition coefficient (Wildman–Crippen LogP) is 4.76. The Morgan fingerprint density at radius 3 is 2.85 bits per heavy atom. The molecule has 1 aromatic heterocycles. The molecule has 1 aliphatic rings. The van der Waals surface area contributed by atoms with Gasteiger partial charge in [-0.2, -0.15) is 0 Å². The van der Waals surface area contributed by atoms with Crippen LogP contribution in [0.25, 0.3) is 11.0 Å². The SMILES string of the molecule is CCCC(=O)Nc1ccc(N2CCn3c(nc4cc(Cl)ccc43)C2)cc1C. The van der Waals surface area contributed by atoms with E-state index in [-0.39, 0.29) is 5.91 Å². The highest BCUT2D eigenvalue weighted by Gasteiger charge is 2.21. The molecule has 27 heavy (non-hydrogen) atoms. The fraction of sp³-hybridized carbons (Fsp3) is 0.333. The van der Waals surface area contributed by atoms with Gasteiger partial charge < -0.3 is 14.8 Å². The molecule has 0 saturated heterocycles. The molecule has 0 saturated carbocycles. The summed E-state index contributed by atoms with van der Waals surface area (Å²) in [5.74, 6) is 1.12. The molecule has 0 fully saturated rings. The topological polar surface area (TPSA) is 50.2 Å². The number of carbonyl (C=O) groups excluding carboxylic acids is 1. The molecule has 2 aromatic carbocycles. The molecule has 0 aliphatic carbocycles. The lowest BCUT2D eigenvalue weighted by Gasteiger charge is -2.30. The van der Waals surface area contributed by atoms with E-state index in [1.165, 1.54) is 0 Å². The zero-order chi connectivity index (χ0) is 19.0. The summed E-state index contributed by atoms with van der Waals surface area (Å²) in [5, 5.41) is 3.71. The minimum atomic E-state index is 0.0682. The number of nitrogens with zero attached hydrogens (tertiary/aromatic N) is 3. The summed E-state index contributed by atoms with van der Waals surface area (Å²) in [6.07, 6.45) is 1.40. The van der Waals surface area contributed by atoms with E-state index < -0.39 is 0 Å². The monoisotopic (exact) mass is 382 g/mol. The number of fused-ring (bicyclic) bond motifs is 3. The Balaban J connectivity index is 1.56. The van der Waals surface area contributed by atoms with Crippen molar-refractivity contribution in [3.05, 3.63) is 52.8 Å². The van der Waals surface area contributed by atoms with E-state index >= 15 is 0 Å². The first-order valence-corrected chi connectivity index (χ1v) is 9.73. The van der Waals surface area contributed by atoms with Crippen LogP contribution >= 0.6 is 11.6 Å². The summed E-state index contributed by atoms with van der Waals surface area (Å²) < 4.78 is 2.27. The van der Waals surface area contributed by atoms with E-state index in [2.05, 4.69) is 26.9 Å². The molecular weight excluding hydrogens is 360 g/mol. The number of rotatable bonds is 4. The summed E-state index contributed by atoms with van der Waals surface area (Å²) in [7, 11) is 0. The molecule has 0 radical (unpaired) electrons. The number of benzene rings is 2. The van der Waals surface area contributed by atoms with Gasteiger partial charge in [0.1, 0.15) is 5.82 Å². The molecule has 5 nitrogen and oxygen atoms in total. The minimum Gasteiger partial charge on any atom is -0.362 e. The second-order valence-electron chi connectivity index (χ2n) is 7.03. The van der Waals surface area contributed by atoms with Crippen molar-refractivity contribution in [3.8, 4) is 0 Å². The molecule has 1 N–H and O–H groups in total. The van der Waals surface area contributed by atoms with Gasteiger partial charge in [0.25, 0.3) is 0 Å². The van der Waals surface area contributed by atoms with E-state index in [0.717, 1.165) is 59.9 Å². The van der Waals surface area contributed by atoms with Crippen LogP contribution in [-0.4, -0.2) is 22.0 Å². The molecule has 0 bridgehead atoms. The molecule has 4 rings (SSSR count). The van der Waals surface area contributed by atoms with Crippen molar-refractivity contribution in [1.82, 2.24) is 9.55 Å². The molecule has 2 heterocycles. The molecule has 0 unspecified atom stereocenters. The zero-order valence-electron chi connectivity index (χ0n) is 15.6. The predicted molar refractivity (Wildman–Crippen MR) is 111 cm³/mol. The van der Waals surface area contributed by atoms with Gasteiger partial charge in [0.05, 0.1) is 17.6 Å². The summed E-state index contributed by atoms with van der Waals surface area (Å²) >= 11 is 6.11. The zero-order valence-corrected chi connectivity index (χ0v) is 16.4. The number of aryl methyl sites for hydroxylation is 1. The van der Waals surface area contributed by atoms with Gasteiger partial charge in [-0.15, -0.1) is 0 Å². The Morgan fingerprint density at radius 2 is 2.07 bits per heavy atom. The van der Waals surface area contributed by atoms with Crippen molar-refractivity contribution in [2.24, 2.45) is 0 Å². The second-order valence-corrected chi connectivity index (χ2v) is 7.47. The van der Waals surface area contributed by atoms with Crippen molar-refractivity contribution < 1.29 is 4.79 Å². The van der Waals surface area contributed by atoms with E-state index in [4.69, 9.17) is 16.6 Å². The van der Waals surface area contributed by atoms with Crippen LogP contribution in [0, 0.1) is 6.92 Å². The maximum absolute atomic E-state index is 11.9. The number of imidazole rings is 1. The molecule has 3 aromatic rings. The number of amides is 1. The Bertz CT molecular complexity index is 1010. The van der Waals surface area contributed by atoms with Crippen LogP contribution < -0.4 is 10.2 Å². The van der Waals surface area contributed by atoms with E-state index in [9.17, 15) is 4.79 Å². The number of carbonyl (C=O) groups is 1. The number of nitrogens with one attached hydrogen (secondary N) is 1. The van der Waals surface area contributed by atoms with Crippen LogP contribution in [0.15, 0.2) is 36.4 Å². The third-order valence-electron chi connectivity index (χ3n) is 5.04. The van der Waals surface area contributed by atoms with Gasteiger partial charge in [-0.05, 0) is 55.3 Å². The average molecular weight is 383 g/mol. The van der Waals surface area contributed by atoms with E-state index in [1.54, 1.807) is 0 Å². The fourth-order valence-electron chi connectivity index (χ4n) is 3.64. The summed E-state index contributed by atoms with van der Waals surface area (Å²) in [6, 6.07) is 12.1. The summed E-state index contributed by atoms with van der Waals surface area (Å²) in [6.45, 7) is 6.61. The second kappa shape index (κ2) is 7.24. The van der Waals surface area contributed by atoms with E-state index in [1.807, 2.05) is 38.1 Å². The highest BCUT2D eigenvalue weighted by atomic mass is 35.5. The summed E-state index contributed by atoms with van der Waals surface area (Å²) in [4.78, 5) is 19.0. The smallest absolute Gasteiger partial charge is 0.224 e. The molecular formula is C21H23ClN4O. The Hall–Kier alpha value is -2.53. The van der Waals surface area contributed by atoms with Gasteiger partial charge in [-0.25, -0.2) is 4.98 Å². The van der Waals surface area contributed by atoms with Gasteiger partial charge in [0.15, 0.2) is 0 Å². The van der Waals surface area contributed by atoms with Crippen LogP contribution in [0.2, 0.25) is 5.02 Å². The minimum absolute atomic E-state index is 0.0682. The first-order valence-electron chi connectivity index (χ1n) is 9.35. The Labute approximate surface area is 163 Å². The molecule has 1 aliphatic heterocycles. The maximum atomic E-state index is 11.9. The fourth-order valence-corrected chi connectivity index (χ4v) is 3.80. The lowest BCUT2D eigenvalue weighted by molar-refractivity contribution is -0.116. The number of anilines is 2. The molecule has 1 amide bonds. The van der Waals surface area contributed by atoms with Crippen molar-refractivity contribution >= 4 is 39.9 Å². The maximum Gasteiger partial charge on any atom is 0.224 e. The number of hydrogen-bond donors (Lipinski definition) is 1. The molecule has 0 spiro atoms. The Morgan fingerprint density at radius 1 is 1.22 bits per heavy atom. The highest BCUT2D eigenvalue weighted by molar-refractivity contribution is 6.31. The van der Waals surface area contributed by atoms with Crippen LogP contribution in [-0.2, 0) is 17.9 Å². The third kappa shape index (κ3) is 3.52. The van der Waals surface area contributed by atoms with Gasteiger partial charge in [0.2, 0.25) is 5.91 Å². The molecule has 140 valence electrons. The van der Waals surface area contributed by atoms with Gasteiger partial charge in [-0.3, -0.25) is 4.79 Å². The van der Waals surface area contributed by atoms with Gasteiger partial charge >= 0.3 is 0 Å². The van der Waals surface area contributed by atoms with Crippen LogP contribution in [0.4, 0.5) is 11.4 Å².